The van der Waals surface area contributed by atoms with E-state index >= 15 is 0 Å². The van der Waals surface area contributed by atoms with Crippen LogP contribution >= 0.6 is 24.0 Å². The molecule has 1 fully saturated rings. The van der Waals surface area contributed by atoms with E-state index in [9.17, 15) is 0 Å². The first-order valence-electron chi connectivity index (χ1n) is 7.57. The molecule has 0 bridgehead atoms. The smallest absolute Gasteiger partial charge is 0.193 e. The number of halogens is 1. The van der Waals surface area contributed by atoms with Crippen LogP contribution in [0.15, 0.2) is 29.3 Å². The molecule has 1 saturated heterocycles. The van der Waals surface area contributed by atoms with Crippen molar-refractivity contribution >= 4 is 29.9 Å². The van der Waals surface area contributed by atoms with E-state index in [1.807, 2.05) is 7.05 Å². The number of ether oxygens (including phenoxy) is 1. The molecule has 0 radical (unpaired) electrons. The maximum Gasteiger partial charge on any atom is 0.193 e. The summed E-state index contributed by atoms with van der Waals surface area (Å²) in [6.07, 6.45) is 1.22. The van der Waals surface area contributed by atoms with Crippen LogP contribution in [0.3, 0.4) is 0 Å². The van der Waals surface area contributed by atoms with Gasteiger partial charge in [0, 0.05) is 33.8 Å². The van der Waals surface area contributed by atoms with Gasteiger partial charge >= 0.3 is 0 Å². The van der Waals surface area contributed by atoms with Crippen LogP contribution in [0.5, 0.6) is 0 Å². The molecule has 22 heavy (non-hydrogen) atoms. The minimum atomic E-state index is 0. The number of hydrogen-bond donors (Lipinski definition) is 1. The average molecular weight is 417 g/mol. The first-order valence-corrected chi connectivity index (χ1v) is 7.57. The van der Waals surface area contributed by atoms with Crippen molar-refractivity contribution in [2.24, 2.45) is 10.4 Å². The highest BCUT2D eigenvalue weighted by atomic mass is 127. The summed E-state index contributed by atoms with van der Waals surface area (Å²) in [6.45, 7) is 8.19. The quantitative estimate of drug-likeness (QED) is 0.464. The minimum Gasteiger partial charge on any atom is -0.380 e. The molecule has 0 aromatic heterocycles. The number of benzene rings is 1. The summed E-state index contributed by atoms with van der Waals surface area (Å²) in [5.41, 5.74) is 2.87. The van der Waals surface area contributed by atoms with E-state index < -0.39 is 0 Å². The standard InChI is InChI=1S/C17H27N3O.HI/c1-17(2)9-10-20(13-17)16(18-3)19-11-14-7-5-6-8-15(14)12-21-4;/h5-8H,9-13H2,1-4H3,(H,18,19);1H. The molecule has 0 atom stereocenters. The largest absolute Gasteiger partial charge is 0.380 e. The second-order valence-electron chi connectivity index (χ2n) is 6.44. The fraction of sp³-hybridized carbons (Fsp3) is 0.588. The number of hydrogen-bond acceptors (Lipinski definition) is 2. The number of nitrogens with zero attached hydrogens (tertiary/aromatic N) is 2. The molecule has 0 saturated carbocycles. The van der Waals surface area contributed by atoms with E-state index in [0.717, 1.165) is 25.6 Å². The summed E-state index contributed by atoms with van der Waals surface area (Å²) in [5.74, 6) is 0.993. The van der Waals surface area contributed by atoms with Crippen molar-refractivity contribution < 1.29 is 4.74 Å². The number of guanidine groups is 1. The van der Waals surface area contributed by atoms with Crippen LogP contribution < -0.4 is 5.32 Å². The minimum absolute atomic E-state index is 0. The molecule has 4 nitrogen and oxygen atoms in total. The van der Waals surface area contributed by atoms with Gasteiger partial charge < -0.3 is 15.0 Å². The van der Waals surface area contributed by atoms with E-state index in [2.05, 4.69) is 53.3 Å². The van der Waals surface area contributed by atoms with E-state index in [1.54, 1.807) is 7.11 Å². The van der Waals surface area contributed by atoms with Crippen LogP contribution in [0.2, 0.25) is 0 Å². The van der Waals surface area contributed by atoms with Crippen molar-refractivity contribution in [2.45, 2.75) is 33.4 Å². The number of rotatable bonds is 4. The lowest BCUT2D eigenvalue weighted by Gasteiger charge is -2.24. The highest BCUT2D eigenvalue weighted by Gasteiger charge is 2.30. The zero-order valence-corrected chi connectivity index (χ0v) is 16.4. The number of aliphatic imine (C=N–C) groups is 1. The van der Waals surface area contributed by atoms with Gasteiger partial charge in [-0.1, -0.05) is 38.1 Å². The molecule has 0 aliphatic carbocycles. The van der Waals surface area contributed by atoms with E-state index in [1.165, 1.54) is 17.5 Å². The van der Waals surface area contributed by atoms with Crippen LogP contribution in [0.1, 0.15) is 31.4 Å². The Morgan fingerprint density at radius 1 is 1.32 bits per heavy atom. The van der Waals surface area contributed by atoms with Gasteiger partial charge in [0.25, 0.3) is 0 Å². The van der Waals surface area contributed by atoms with Crippen molar-refractivity contribution in [3.05, 3.63) is 35.4 Å². The first-order chi connectivity index (χ1) is 10.1. The Morgan fingerprint density at radius 3 is 2.55 bits per heavy atom. The summed E-state index contributed by atoms with van der Waals surface area (Å²) < 4.78 is 5.26. The van der Waals surface area contributed by atoms with Crippen LogP contribution in [0.4, 0.5) is 0 Å². The normalized spacial score (nSPS) is 17.3. The number of methoxy groups -OCH3 is 1. The van der Waals surface area contributed by atoms with Crippen molar-refractivity contribution in [3.63, 3.8) is 0 Å². The SMILES string of the molecule is CN=C(NCc1ccccc1COC)N1CCC(C)(C)C1.I. The molecule has 0 unspecified atom stereocenters. The highest BCUT2D eigenvalue weighted by molar-refractivity contribution is 14.0. The van der Waals surface area contributed by atoms with E-state index in [4.69, 9.17) is 4.74 Å². The molecule has 1 aromatic rings. The molecule has 5 heteroatoms. The fourth-order valence-corrected chi connectivity index (χ4v) is 2.83. The Kier molecular flexibility index (Phi) is 7.62. The zero-order valence-electron chi connectivity index (χ0n) is 14.1. The van der Waals surface area contributed by atoms with Gasteiger partial charge in [0.1, 0.15) is 0 Å². The third kappa shape index (κ3) is 5.12. The van der Waals surface area contributed by atoms with Crippen molar-refractivity contribution in [3.8, 4) is 0 Å². The lowest BCUT2D eigenvalue weighted by Crippen LogP contribution is -2.40. The summed E-state index contributed by atoms with van der Waals surface area (Å²) in [6, 6.07) is 8.37. The molecular formula is C17H28IN3O. The van der Waals surface area contributed by atoms with Crippen LogP contribution in [0, 0.1) is 5.41 Å². The number of likely N-dealkylation sites (tertiary alicyclic amines) is 1. The van der Waals surface area contributed by atoms with Gasteiger partial charge in [-0.05, 0) is 23.0 Å². The summed E-state index contributed by atoms with van der Waals surface area (Å²) in [4.78, 5) is 6.77. The Bertz CT molecular complexity index is 502. The van der Waals surface area contributed by atoms with Gasteiger partial charge in [-0.3, -0.25) is 4.99 Å². The molecular weight excluding hydrogens is 389 g/mol. The predicted molar refractivity (Wildman–Crippen MR) is 103 cm³/mol. The van der Waals surface area contributed by atoms with Crippen LogP contribution in [0.25, 0.3) is 0 Å². The predicted octanol–water partition coefficient (Wildman–Crippen LogP) is 3.26. The summed E-state index contributed by atoms with van der Waals surface area (Å²) in [5, 5.41) is 3.48. The first kappa shape index (κ1) is 19.2. The van der Waals surface area contributed by atoms with Crippen molar-refractivity contribution in [2.75, 3.05) is 27.2 Å². The second-order valence-corrected chi connectivity index (χ2v) is 6.44. The molecule has 1 aliphatic rings. The second kappa shape index (κ2) is 8.72. The molecule has 1 N–H and O–H groups in total. The molecule has 2 rings (SSSR count). The van der Waals surface area contributed by atoms with E-state index in [0.29, 0.717) is 12.0 Å². The van der Waals surface area contributed by atoms with Gasteiger partial charge in [0.05, 0.1) is 6.61 Å². The van der Waals surface area contributed by atoms with E-state index in [-0.39, 0.29) is 24.0 Å². The molecule has 1 aliphatic heterocycles. The average Bonchev–Trinajstić information content (AvgIpc) is 2.82. The van der Waals surface area contributed by atoms with Gasteiger partial charge in [0.15, 0.2) is 5.96 Å². The van der Waals surface area contributed by atoms with Gasteiger partial charge in [-0.15, -0.1) is 24.0 Å². The van der Waals surface area contributed by atoms with Gasteiger partial charge in [-0.2, -0.15) is 0 Å². The molecule has 1 heterocycles. The summed E-state index contributed by atoms with van der Waals surface area (Å²) >= 11 is 0. The lowest BCUT2D eigenvalue weighted by molar-refractivity contribution is 0.184. The maximum absolute atomic E-state index is 5.26. The van der Waals surface area contributed by atoms with Crippen LogP contribution in [-0.4, -0.2) is 38.1 Å². The highest BCUT2D eigenvalue weighted by Crippen LogP contribution is 2.28. The molecule has 0 amide bonds. The fourth-order valence-electron chi connectivity index (χ4n) is 2.83. The maximum atomic E-state index is 5.26. The molecule has 124 valence electrons. The molecule has 0 spiro atoms. The lowest BCUT2D eigenvalue weighted by atomic mass is 9.93. The monoisotopic (exact) mass is 417 g/mol. The Balaban J connectivity index is 0.00000242. The molecule has 1 aromatic carbocycles. The zero-order chi connectivity index (χ0) is 15.3. The third-order valence-electron chi connectivity index (χ3n) is 4.04. The van der Waals surface area contributed by atoms with Crippen LogP contribution in [-0.2, 0) is 17.9 Å². The Hall–Kier alpha value is -0.820. The Morgan fingerprint density at radius 2 is 2.00 bits per heavy atom. The van der Waals surface area contributed by atoms with Gasteiger partial charge in [0.2, 0.25) is 0 Å². The summed E-state index contributed by atoms with van der Waals surface area (Å²) in [7, 11) is 3.59. The third-order valence-corrected chi connectivity index (χ3v) is 4.04. The van der Waals surface area contributed by atoms with Gasteiger partial charge in [-0.25, -0.2) is 0 Å². The van der Waals surface area contributed by atoms with Crippen molar-refractivity contribution in [1.29, 1.82) is 0 Å². The number of nitrogens with one attached hydrogen (secondary N) is 1. The Labute approximate surface area is 151 Å². The topological polar surface area (TPSA) is 36.9 Å². The van der Waals surface area contributed by atoms with Crippen molar-refractivity contribution in [1.82, 2.24) is 10.2 Å².